The SMILES string of the molecule is CCCCCCCCN(CC)C1(CN)CCC(CC)CC1. The molecule has 0 aromatic heterocycles. The average Bonchev–Trinajstić information content (AvgIpc) is 2.54. The van der Waals surface area contributed by atoms with Gasteiger partial charge < -0.3 is 5.73 Å². The molecule has 0 bridgehead atoms. The maximum atomic E-state index is 6.23. The highest BCUT2D eigenvalue weighted by molar-refractivity contribution is 4.95. The number of unbranched alkanes of at least 4 members (excludes halogenated alkanes) is 5. The molecule has 1 rings (SSSR count). The molecule has 1 fully saturated rings. The number of hydrogen-bond acceptors (Lipinski definition) is 2. The maximum absolute atomic E-state index is 6.23. The summed E-state index contributed by atoms with van der Waals surface area (Å²) in [5, 5.41) is 0. The van der Waals surface area contributed by atoms with Crippen molar-refractivity contribution in [2.45, 2.75) is 96.9 Å². The van der Waals surface area contributed by atoms with Gasteiger partial charge in [-0.15, -0.1) is 0 Å². The Morgan fingerprint density at radius 3 is 2.10 bits per heavy atom. The third-order valence-corrected chi connectivity index (χ3v) is 5.83. The summed E-state index contributed by atoms with van der Waals surface area (Å²) < 4.78 is 0. The lowest BCUT2D eigenvalue weighted by Crippen LogP contribution is -2.56. The van der Waals surface area contributed by atoms with E-state index in [-0.39, 0.29) is 0 Å². The van der Waals surface area contributed by atoms with E-state index < -0.39 is 0 Å². The molecule has 0 amide bonds. The molecule has 126 valence electrons. The predicted molar refractivity (Wildman–Crippen MR) is 94.7 cm³/mol. The van der Waals surface area contributed by atoms with Crippen LogP contribution in [0, 0.1) is 5.92 Å². The highest BCUT2D eigenvalue weighted by atomic mass is 15.2. The fraction of sp³-hybridized carbons (Fsp3) is 1.00. The van der Waals surface area contributed by atoms with Crippen LogP contribution in [0.3, 0.4) is 0 Å². The fourth-order valence-corrected chi connectivity index (χ4v) is 4.09. The van der Waals surface area contributed by atoms with Gasteiger partial charge in [0, 0.05) is 12.1 Å². The number of hydrogen-bond donors (Lipinski definition) is 1. The molecule has 1 aliphatic rings. The normalized spacial score (nSPS) is 26.4. The summed E-state index contributed by atoms with van der Waals surface area (Å²) in [6.07, 6.45) is 15.1. The van der Waals surface area contributed by atoms with Crippen LogP contribution in [0.4, 0.5) is 0 Å². The zero-order valence-corrected chi connectivity index (χ0v) is 15.0. The number of nitrogens with zero attached hydrogens (tertiary/aromatic N) is 1. The van der Waals surface area contributed by atoms with Gasteiger partial charge in [0.05, 0.1) is 0 Å². The van der Waals surface area contributed by atoms with Crippen LogP contribution in [0.1, 0.15) is 91.4 Å². The van der Waals surface area contributed by atoms with Gasteiger partial charge in [-0.1, -0.05) is 59.3 Å². The Morgan fingerprint density at radius 2 is 1.57 bits per heavy atom. The molecule has 1 saturated carbocycles. The van der Waals surface area contributed by atoms with Crippen molar-refractivity contribution >= 4 is 0 Å². The van der Waals surface area contributed by atoms with Crippen molar-refractivity contribution in [3.63, 3.8) is 0 Å². The Morgan fingerprint density at radius 1 is 0.952 bits per heavy atom. The smallest absolute Gasteiger partial charge is 0.0331 e. The molecule has 0 aromatic rings. The topological polar surface area (TPSA) is 29.3 Å². The molecule has 0 aliphatic heterocycles. The molecule has 0 atom stereocenters. The van der Waals surface area contributed by atoms with Crippen molar-refractivity contribution in [3.8, 4) is 0 Å². The highest BCUT2D eigenvalue weighted by Crippen LogP contribution is 2.37. The van der Waals surface area contributed by atoms with E-state index in [0.29, 0.717) is 5.54 Å². The first-order valence-electron chi connectivity index (χ1n) is 9.67. The molecule has 21 heavy (non-hydrogen) atoms. The standard InChI is InChI=1S/C19H40N2/c1-4-7-8-9-10-11-16-21(6-3)19(17-20)14-12-18(5-2)13-15-19/h18H,4-17,20H2,1-3H3. The Bertz CT molecular complexity index is 244. The number of likely N-dealkylation sites (N-methyl/N-ethyl adjacent to an activating group) is 1. The molecule has 0 heterocycles. The second-order valence-corrected chi connectivity index (χ2v) is 7.13. The summed E-state index contributed by atoms with van der Waals surface area (Å²) in [4.78, 5) is 2.72. The molecule has 2 heteroatoms. The van der Waals surface area contributed by atoms with Gasteiger partial charge in [0.15, 0.2) is 0 Å². The zero-order valence-electron chi connectivity index (χ0n) is 15.0. The van der Waals surface area contributed by atoms with Crippen molar-refractivity contribution in [1.29, 1.82) is 0 Å². The average molecular weight is 297 g/mol. The van der Waals surface area contributed by atoms with Gasteiger partial charge in [0.25, 0.3) is 0 Å². The van der Waals surface area contributed by atoms with E-state index in [2.05, 4.69) is 25.7 Å². The predicted octanol–water partition coefficient (Wildman–Crippen LogP) is 4.97. The van der Waals surface area contributed by atoms with Crippen LogP contribution in [0.2, 0.25) is 0 Å². The van der Waals surface area contributed by atoms with Crippen molar-refractivity contribution < 1.29 is 0 Å². The van der Waals surface area contributed by atoms with Crippen molar-refractivity contribution in [3.05, 3.63) is 0 Å². The maximum Gasteiger partial charge on any atom is 0.0331 e. The third-order valence-electron chi connectivity index (χ3n) is 5.83. The summed E-state index contributed by atoms with van der Waals surface area (Å²) >= 11 is 0. The van der Waals surface area contributed by atoms with Crippen LogP contribution in [-0.2, 0) is 0 Å². The summed E-state index contributed by atoms with van der Waals surface area (Å²) in [6.45, 7) is 10.2. The zero-order chi connectivity index (χ0) is 15.6. The number of nitrogens with two attached hydrogens (primary N) is 1. The van der Waals surface area contributed by atoms with E-state index >= 15 is 0 Å². The molecule has 0 unspecified atom stereocenters. The van der Waals surface area contributed by atoms with Crippen LogP contribution in [0.5, 0.6) is 0 Å². The first-order valence-corrected chi connectivity index (χ1v) is 9.67. The van der Waals surface area contributed by atoms with E-state index in [0.717, 1.165) is 12.5 Å². The minimum atomic E-state index is 0.323. The second-order valence-electron chi connectivity index (χ2n) is 7.13. The third kappa shape index (κ3) is 5.90. The van der Waals surface area contributed by atoms with Gasteiger partial charge in [0.1, 0.15) is 0 Å². The van der Waals surface area contributed by atoms with Gasteiger partial charge >= 0.3 is 0 Å². The first kappa shape index (κ1) is 19.0. The summed E-state index contributed by atoms with van der Waals surface area (Å²) in [5.41, 5.74) is 6.55. The van der Waals surface area contributed by atoms with Gasteiger partial charge in [-0.2, -0.15) is 0 Å². The van der Waals surface area contributed by atoms with E-state index in [9.17, 15) is 0 Å². The van der Waals surface area contributed by atoms with Crippen LogP contribution < -0.4 is 5.73 Å². The molecule has 0 aromatic carbocycles. The van der Waals surface area contributed by atoms with Crippen LogP contribution >= 0.6 is 0 Å². The van der Waals surface area contributed by atoms with Gasteiger partial charge in [0.2, 0.25) is 0 Å². The lowest BCUT2D eigenvalue weighted by Gasteiger charge is -2.47. The minimum Gasteiger partial charge on any atom is -0.329 e. The lowest BCUT2D eigenvalue weighted by molar-refractivity contribution is 0.0443. The fourth-order valence-electron chi connectivity index (χ4n) is 4.09. The largest absolute Gasteiger partial charge is 0.329 e. The van der Waals surface area contributed by atoms with Crippen LogP contribution in [-0.4, -0.2) is 30.1 Å². The molecule has 2 nitrogen and oxygen atoms in total. The Kier molecular flexibility index (Phi) is 9.59. The van der Waals surface area contributed by atoms with Gasteiger partial charge in [-0.05, 0) is 51.1 Å². The summed E-state index contributed by atoms with van der Waals surface area (Å²) in [5.74, 6) is 0.956. The van der Waals surface area contributed by atoms with Crippen LogP contribution in [0.25, 0.3) is 0 Å². The van der Waals surface area contributed by atoms with Crippen molar-refractivity contribution in [1.82, 2.24) is 4.90 Å². The first-order chi connectivity index (χ1) is 10.2. The van der Waals surface area contributed by atoms with Gasteiger partial charge in [-0.3, -0.25) is 4.90 Å². The lowest BCUT2D eigenvalue weighted by atomic mass is 9.74. The van der Waals surface area contributed by atoms with Crippen molar-refractivity contribution in [2.24, 2.45) is 11.7 Å². The van der Waals surface area contributed by atoms with Gasteiger partial charge in [-0.25, -0.2) is 0 Å². The Balaban J connectivity index is 2.37. The molecular formula is C19H40N2. The molecule has 2 N–H and O–H groups in total. The quantitative estimate of drug-likeness (QED) is 0.546. The van der Waals surface area contributed by atoms with Crippen molar-refractivity contribution in [2.75, 3.05) is 19.6 Å². The molecule has 0 radical (unpaired) electrons. The van der Waals surface area contributed by atoms with E-state index in [4.69, 9.17) is 5.73 Å². The number of rotatable bonds is 11. The van der Waals surface area contributed by atoms with E-state index in [1.165, 1.54) is 83.7 Å². The summed E-state index contributed by atoms with van der Waals surface area (Å²) in [7, 11) is 0. The second kappa shape index (κ2) is 10.6. The Hall–Kier alpha value is -0.0800. The molecular weight excluding hydrogens is 256 g/mol. The van der Waals surface area contributed by atoms with E-state index in [1.807, 2.05) is 0 Å². The highest BCUT2D eigenvalue weighted by Gasteiger charge is 2.37. The monoisotopic (exact) mass is 296 g/mol. The molecule has 1 aliphatic carbocycles. The molecule has 0 saturated heterocycles. The Labute approximate surface area is 133 Å². The van der Waals surface area contributed by atoms with Crippen LogP contribution in [0.15, 0.2) is 0 Å². The molecule has 0 spiro atoms. The summed E-state index contributed by atoms with van der Waals surface area (Å²) in [6, 6.07) is 0. The minimum absolute atomic E-state index is 0.323. The van der Waals surface area contributed by atoms with E-state index in [1.54, 1.807) is 0 Å².